The smallest absolute Gasteiger partial charge is 0.274 e. The molecule has 0 aliphatic carbocycles. The van der Waals surface area contributed by atoms with Crippen LogP contribution in [0.4, 0.5) is 11.6 Å². The Balaban J connectivity index is 2.13. The molecule has 26 heavy (non-hydrogen) atoms. The number of anilines is 2. The molecular weight excluding hydrogens is 324 g/mol. The van der Waals surface area contributed by atoms with Crippen molar-refractivity contribution in [1.29, 1.82) is 0 Å². The van der Waals surface area contributed by atoms with Gasteiger partial charge < -0.3 is 10.2 Å². The SMILES string of the molecule is CCCN(CCC)c1nccc(C(=O)Nc2ccc(C(C)(C)C)cc2)n1. The Morgan fingerprint density at radius 3 is 2.19 bits per heavy atom. The second kappa shape index (κ2) is 8.79. The zero-order valence-electron chi connectivity index (χ0n) is 16.5. The first-order valence-corrected chi connectivity index (χ1v) is 9.35. The normalized spacial score (nSPS) is 11.3. The van der Waals surface area contributed by atoms with Gasteiger partial charge in [-0.3, -0.25) is 4.79 Å². The van der Waals surface area contributed by atoms with Gasteiger partial charge in [0.1, 0.15) is 5.69 Å². The number of amides is 1. The van der Waals surface area contributed by atoms with Gasteiger partial charge in [-0.05, 0) is 42.0 Å². The highest BCUT2D eigenvalue weighted by Crippen LogP contribution is 2.23. The third-order valence-electron chi connectivity index (χ3n) is 4.15. The molecule has 0 spiro atoms. The number of carbonyl (C=O) groups excluding carboxylic acids is 1. The summed E-state index contributed by atoms with van der Waals surface area (Å²) in [6.07, 6.45) is 3.68. The number of nitrogens with zero attached hydrogens (tertiary/aromatic N) is 3. The molecule has 1 amide bonds. The predicted octanol–water partition coefficient (Wildman–Crippen LogP) is 4.65. The van der Waals surface area contributed by atoms with Crippen molar-refractivity contribution in [2.75, 3.05) is 23.3 Å². The van der Waals surface area contributed by atoms with Crippen LogP contribution in [0.25, 0.3) is 0 Å². The van der Waals surface area contributed by atoms with Crippen LogP contribution in [0.1, 0.15) is 63.5 Å². The molecule has 0 aliphatic heterocycles. The standard InChI is InChI=1S/C21H30N4O/c1-6-14-25(15-7-2)20-22-13-12-18(24-20)19(26)23-17-10-8-16(9-11-17)21(3,4)5/h8-13H,6-7,14-15H2,1-5H3,(H,23,26). The van der Waals surface area contributed by atoms with Crippen LogP contribution in [0.15, 0.2) is 36.5 Å². The third-order valence-corrected chi connectivity index (χ3v) is 4.15. The van der Waals surface area contributed by atoms with Crippen LogP contribution in [0.3, 0.4) is 0 Å². The molecule has 1 aromatic carbocycles. The van der Waals surface area contributed by atoms with Crippen LogP contribution in [0.5, 0.6) is 0 Å². The largest absolute Gasteiger partial charge is 0.341 e. The second-order valence-corrected chi connectivity index (χ2v) is 7.51. The van der Waals surface area contributed by atoms with E-state index in [2.05, 4.69) is 54.8 Å². The molecule has 0 unspecified atom stereocenters. The second-order valence-electron chi connectivity index (χ2n) is 7.51. The number of nitrogens with one attached hydrogen (secondary N) is 1. The summed E-state index contributed by atoms with van der Waals surface area (Å²) in [5, 5.41) is 2.92. The van der Waals surface area contributed by atoms with E-state index in [1.165, 1.54) is 5.56 Å². The maximum absolute atomic E-state index is 12.6. The maximum Gasteiger partial charge on any atom is 0.274 e. The summed E-state index contributed by atoms with van der Waals surface area (Å²) in [6, 6.07) is 9.61. The molecule has 5 heteroatoms. The van der Waals surface area contributed by atoms with Crippen LogP contribution < -0.4 is 10.2 Å². The zero-order chi connectivity index (χ0) is 19.2. The average Bonchev–Trinajstić information content (AvgIpc) is 2.61. The van der Waals surface area contributed by atoms with Crippen LogP contribution in [0, 0.1) is 0 Å². The van der Waals surface area contributed by atoms with Crippen LogP contribution in [0.2, 0.25) is 0 Å². The Hall–Kier alpha value is -2.43. The fourth-order valence-electron chi connectivity index (χ4n) is 2.73. The Morgan fingerprint density at radius 1 is 1.04 bits per heavy atom. The number of carbonyl (C=O) groups is 1. The minimum absolute atomic E-state index is 0.0894. The number of hydrogen-bond donors (Lipinski definition) is 1. The van der Waals surface area contributed by atoms with E-state index in [9.17, 15) is 4.79 Å². The summed E-state index contributed by atoms with van der Waals surface area (Å²) in [4.78, 5) is 23.5. The minimum Gasteiger partial charge on any atom is -0.341 e. The van der Waals surface area contributed by atoms with Gasteiger partial charge in [0, 0.05) is 25.0 Å². The van der Waals surface area contributed by atoms with Crippen molar-refractivity contribution in [1.82, 2.24) is 9.97 Å². The summed E-state index contributed by atoms with van der Waals surface area (Å²) in [5.41, 5.74) is 2.47. The van der Waals surface area contributed by atoms with E-state index >= 15 is 0 Å². The summed E-state index contributed by atoms with van der Waals surface area (Å²) in [5.74, 6) is 0.398. The zero-order valence-corrected chi connectivity index (χ0v) is 16.5. The molecule has 140 valence electrons. The van der Waals surface area contributed by atoms with Gasteiger partial charge in [-0.2, -0.15) is 0 Å². The lowest BCUT2D eigenvalue weighted by Crippen LogP contribution is -2.27. The van der Waals surface area contributed by atoms with E-state index in [0.717, 1.165) is 31.6 Å². The number of hydrogen-bond acceptors (Lipinski definition) is 4. The number of rotatable bonds is 7. The van der Waals surface area contributed by atoms with Crippen molar-refractivity contribution in [3.8, 4) is 0 Å². The molecule has 2 rings (SSSR count). The lowest BCUT2D eigenvalue weighted by Gasteiger charge is -2.21. The van der Waals surface area contributed by atoms with Gasteiger partial charge in [0.15, 0.2) is 0 Å². The molecule has 1 N–H and O–H groups in total. The minimum atomic E-state index is -0.217. The molecule has 5 nitrogen and oxygen atoms in total. The molecule has 0 atom stereocenters. The van der Waals surface area contributed by atoms with Crippen molar-refractivity contribution in [2.24, 2.45) is 0 Å². The number of benzene rings is 1. The molecule has 2 aromatic rings. The highest BCUT2D eigenvalue weighted by atomic mass is 16.1. The van der Waals surface area contributed by atoms with Gasteiger partial charge in [0.2, 0.25) is 5.95 Å². The highest BCUT2D eigenvalue weighted by Gasteiger charge is 2.15. The third kappa shape index (κ3) is 5.28. The maximum atomic E-state index is 12.6. The fourth-order valence-corrected chi connectivity index (χ4v) is 2.73. The Bertz CT molecular complexity index is 714. The van der Waals surface area contributed by atoms with E-state index in [0.29, 0.717) is 11.6 Å². The first kappa shape index (κ1) is 19.9. The summed E-state index contributed by atoms with van der Waals surface area (Å²) < 4.78 is 0. The van der Waals surface area contributed by atoms with Crippen molar-refractivity contribution in [2.45, 2.75) is 52.9 Å². The van der Waals surface area contributed by atoms with Crippen molar-refractivity contribution in [3.63, 3.8) is 0 Å². The summed E-state index contributed by atoms with van der Waals surface area (Å²) >= 11 is 0. The van der Waals surface area contributed by atoms with E-state index < -0.39 is 0 Å². The average molecular weight is 354 g/mol. The summed E-state index contributed by atoms with van der Waals surface area (Å²) in [6.45, 7) is 12.5. The molecule has 1 heterocycles. The van der Waals surface area contributed by atoms with Gasteiger partial charge in [-0.15, -0.1) is 0 Å². The topological polar surface area (TPSA) is 58.1 Å². The molecule has 0 saturated carbocycles. The first-order chi connectivity index (χ1) is 12.3. The summed E-state index contributed by atoms with van der Waals surface area (Å²) in [7, 11) is 0. The Labute approximate surface area is 156 Å². The van der Waals surface area contributed by atoms with Crippen molar-refractivity contribution >= 4 is 17.5 Å². The van der Waals surface area contributed by atoms with Crippen LogP contribution >= 0.6 is 0 Å². The van der Waals surface area contributed by atoms with Gasteiger partial charge in [0.25, 0.3) is 5.91 Å². The molecule has 1 aromatic heterocycles. The Kier molecular flexibility index (Phi) is 6.72. The van der Waals surface area contributed by atoms with Gasteiger partial charge >= 0.3 is 0 Å². The highest BCUT2D eigenvalue weighted by molar-refractivity contribution is 6.02. The van der Waals surface area contributed by atoms with Crippen LogP contribution in [-0.2, 0) is 5.41 Å². The lowest BCUT2D eigenvalue weighted by molar-refractivity contribution is 0.102. The van der Waals surface area contributed by atoms with E-state index in [1.807, 2.05) is 24.3 Å². The first-order valence-electron chi connectivity index (χ1n) is 9.35. The molecule has 0 aliphatic rings. The quantitative estimate of drug-likeness (QED) is 0.786. The molecule has 0 radical (unpaired) electrons. The van der Waals surface area contributed by atoms with E-state index in [1.54, 1.807) is 12.3 Å². The van der Waals surface area contributed by atoms with Gasteiger partial charge in [-0.25, -0.2) is 9.97 Å². The van der Waals surface area contributed by atoms with E-state index in [-0.39, 0.29) is 11.3 Å². The molecule has 0 bridgehead atoms. The fraction of sp³-hybridized carbons (Fsp3) is 0.476. The molecule has 0 saturated heterocycles. The molecular formula is C21H30N4O. The van der Waals surface area contributed by atoms with Crippen molar-refractivity contribution in [3.05, 3.63) is 47.8 Å². The number of aromatic nitrogens is 2. The van der Waals surface area contributed by atoms with Gasteiger partial charge in [0.05, 0.1) is 0 Å². The monoisotopic (exact) mass is 354 g/mol. The van der Waals surface area contributed by atoms with Crippen LogP contribution in [-0.4, -0.2) is 29.0 Å². The predicted molar refractivity (Wildman–Crippen MR) is 108 cm³/mol. The molecule has 0 fully saturated rings. The van der Waals surface area contributed by atoms with Crippen molar-refractivity contribution < 1.29 is 4.79 Å². The van der Waals surface area contributed by atoms with E-state index in [4.69, 9.17) is 0 Å². The Morgan fingerprint density at radius 2 is 1.65 bits per heavy atom. The van der Waals surface area contributed by atoms with Gasteiger partial charge in [-0.1, -0.05) is 46.8 Å². The lowest BCUT2D eigenvalue weighted by atomic mass is 9.87.